The van der Waals surface area contributed by atoms with Crippen LogP contribution in [0, 0.1) is 6.92 Å². The van der Waals surface area contributed by atoms with Crippen LogP contribution in [0.1, 0.15) is 39.2 Å². The molecule has 0 aliphatic carbocycles. The van der Waals surface area contributed by atoms with Gasteiger partial charge in [-0.05, 0) is 52.7 Å². The zero-order valence-electron chi connectivity index (χ0n) is 12.1. The number of piperidine rings is 1. The van der Waals surface area contributed by atoms with Crippen LogP contribution in [0.4, 0.5) is 0 Å². The second-order valence-electron chi connectivity index (χ2n) is 6.29. The molecule has 1 aromatic carbocycles. The number of hydrogen-bond donors (Lipinski definition) is 0. The first-order chi connectivity index (χ1) is 8.45. The number of rotatable bonds is 2. The molecule has 1 aliphatic rings. The fraction of sp³-hybridized carbons (Fsp3) is 0.625. The molecule has 0 aromatic heterocycles. The van der Waals surface area contributed by atoms with E-state index in [2.05, 4.69) is 56.9 Å². The van der Waals surface area contributed by atoms with Gasteiger partial charge in [0.05, 0.1) is 0 Å². The molecule has 0 spiro atoms. The molecule has 0 N–H and O–H groups in total. The Morgan fingerprint density at radius 3 is 2.11 bits per heavy atom. The molecule has 2 rings (SSSR count). The first-order valence-electron chi connectivity index (χ1n) is 6.93. The molecule has 2 nitrogen and oxygen atoms in total. The van der Waals surface area contributed by atoms with Crippen LogP contribution in [-0.2, 0) is 0 Å². The van der Waals surface area contributed by atoms with Crippen LogP contribution in [0.3, 0.4) is 0 Å². The van der Waals surface area contributed by atoms with Gasteiger partial charge in [-0.25, -0.2) is 0 Å². The van der Waals surface area contributed by atoms with Crippen LogP contribution >= 0.6 is 0 Å². The third-order valence-electron chi connectivity index (χ3n) is 3.71. The van der Waals surface area contributed by atoms with Crippen molar-refractivity contribution in [3.63, 3.8) is 0 Å². The SMILES string of the molecule is Cc1ccc(OC2CCN(C(C)(C)C)CC2)cc1. The van der Waals surface area contributed by atoms with E-state index < -0.39 is 0 Å². The summed E-state index contributed by atoms with van der Waals surface area (Å²) < 4.78 is 6.04. The summed E-state index contributed by atoms with van der Waals surface area (Å²) in [6.07, 6.45) is 2.64. The van der Waals surface area contributed by atoms with Crippen molar-refractivity contribution in [2.45, 2.75) is 52.2 Å². The molecular formula is C16H25NO. The largest absolute Gasteiger partial charge is 0.490 e. The van der Waals surface area contributed by atoms with Gasteiger partial charge in [-0.2, -0.15) is 0 Å². The summed E-state index contributed by atoms with van der Waals surface area (Å²) in [5.41, 5.74) is 1.57. The molecule has 1 aliphatic heterocycles. The van der Waals surface area contributed by atoms with Crippen LogP contribution in [0.15, 0.2) is 24.3 Å². The highest BCUT2D eigenvalue weighted by molar-refractivity contribution is 5.26. The number of nitrogens with zero attached hydrogens (tertiary/aromatic N) is 1. The van der Waals surface area contributed by atoms with Crippen LogP contribution in [0.2, 0.25) is 0 Å². The molecule has 1 fully saturated rings. The minimum Gasteiger partial charge on any atom is -0.490 e. The standard InChI is InChI=1S/C16H25NO/c1-13-5-7-14(8-6-13)18-15-9-11-17(12-10-15)16(2,3)4/h5-8,15H,9-12H2,1-4H3. The monoisotopic (exact) mass is 247 g/mol. The lowest BCUT2D eigenvalue weighted by atomic mass is 9.99. The molecule has 100 valence electrons. The first kappa shape index (κ1) is 13.4. The van der Waals surface area contributed by atoms with E-state index in [1.165, 1.54) is 5.56 Å². The number of aryl methyl sites for hydroxylation is 1. The zero-order chi connectivity index (χ0) is 13.2. The van der Waals surface area contributed by atoms with Crippen molar-refractivity contribution in [2.24, 2.45) is 0 Å². The summed E-state index contributed by atoms with van der Waals surface area (Å²) in [5, 5.41) is 0. The molecule has 0 unspecified atom stereocenters. The maximum atomic E-state index is 6.04. The van der Waals surface area contributed by atoms with Crippen molar-refractivity contribution >= 4 is 0 Å². The Balaban J connectivity index is 1.85. The molecule has 0 saturated carbocycles. The summed E-state index contributed by atoms with van der Waals surface area (Å²) in [6.45, 7) is 11.2. The zero-order valence-corrected chi connectivity index (χ0v) is 12.1. The van der Waals surface area contributed by atoms with Gasteiger partial charge in [0.25, 0.3) is 0 Å². The Bertz CT molecular complexity index is 369. The lowest BCUT2D eigenvalue weighted by Gasteiger charge is -2.40. The maximum absolute atomic E-state index is 6.04. The van der Waals surface area contributed by atoms with Crippen molar-refractivity contribution in [3.8, 4) is 5.75 Å². The van der Waals surface area contributed by atoms with E-state index in [1.807, 2.05) is 0 Å². The second-order valence-corrected chi connectivity index (χ2v) is 6.29. The highest BCUT2D eigenvalue weighted by atomic mass is 16.5. The third kappa shape index (κ3) is 3.49. The highest BCUT2D eigenvalue weighted by Gasteiger charge is 2.27. The van der Waals surface area contributed by atoms with Gasteiger partial charge >= 0.3 is 0 Å². The van der Waals surface area contributed by atoms with Crippen molar-refractivity contribution < 1.29 is 4.74 Å². The topological polar surface area (TPSA) is 12.5 Å². The third-order valence-corrected chi connectivity index (χ3v) is 3.71. The number of hydrogen-bond acceptors (Lipinski definition) is 2. The van der Waals surface area contributed by atoms with Gasteiger partial charge < -0.3 is 4.74 Å². The van der Waals surface area contributed by atoms with Gasteiger partial charge in [-0.1, -0.05) is 17.7 Å². The normalized spacial score (nSPS) is 18.9. The maximum Gasteiger partial charge on any atom is 0.119 e. The van der Waals surface area contributed by atoms with Gasteiger partial charge in [-0.3, -0.25) is 4.90 Å². The molecule has 0 bridgehead atoms. The summed E-state index contributed by atoms with van der Waals surface area (Å²) in [5.74, 6) is 1.01. The summed E-state index contributed by atoms with van der Waals surface area (Å²) >= 11 is 0. The Kier molecular flexibility index (Phi) is 3.96. The number of benzene rings is 1. The molecule has 0 atom stereocenters. The highest BCUT2D eigenvalue weighted by Crippen LogP contribution is 2.23. The predicted molar refractivity (Wildman–Crippen MR) is 76.2 cm³/mol. The average Bonchev–Trinajstić information content (AvgIpc) is 2.32. The molecule has 1 heterocycles. The quantitative estimate of drug-likeness (QED) is 0.791. The average molecular weight is 247 g/mol. The minimum absolute atomic E-state index is 0.287. The van der Waals surface area contributed by atoms with E-state index in [0.717, 1.165) is 31.7 Å². The lowest BCUT2D eigenvalue weighted by Crippen LogP contribution is -2.48. The van der Waals surface area contributed by atoms with Crippen molar-refractivity contribution in [3.05, 3.63) is 29.8 Å². The predicted octanol–water partition coefficient (Wildman–Crippen LogP) is 3.64. The molecular weight excluding hydrogens is 222 g/mol. The van der Waals surface area contributed by atoms with E-state index >= 15 is 0 Å². The van der Waals surface area contributed by atoms with Crippen LogP contribution in [0.25, 0.3) is 0 Å². The van der Waals surface area contributed by atoms with Gasteiger partial charge in [0.2, 0.25) is 0 Å². The van der Waals surface area contributed by atoms with Crippen LogP contribution in [-0.4, -0.2) is 29.6 Å². The second kappa shape index (κ2) is 5.31. The molecule has 1 aromatic rings. The fourth-order valence-corrected chi connectivity index (χ4v) is 2.45. The van der Waals surface area contributed by atoms with Gasteiger partial charge in [0.1, 0.15) is 11.9 Å². The van der Waals surface area contributed by atoms with E-state index in [1.54, 1.807) is 0 Å². The van der Waals surface area contributed by atoms with Crippen molar-refractivity contribution in [1.82, 2.24) is 4.90 Å². The van der Waals surface area contributed by atoms with E-state index in [9.17, 15) is 0 Å². The number of likely N-dealkylation sites (tertiary alicyclic amines) is 1. The van der Waals surface area contributed by atoms with E-state index in [-0.39, 0.29) is 5.54 Å². The molecule has 18 heavy (non-hydrogen) atoms. The molecule has 0 radical (unpaired) electrons. The Morgan fingerprint density at radius 2 is 1.61 bits per heavy atom. The molecule has 1 saturated heterocycles. The Hall–Kier alpha value is -1.02. The van der Waals surface area contributed by atoms with Gasteiger partial charge in [-0.15, -0.1) is 0 Å². The van der Waals surface area contributed by atoms with E-state index in [4.69, 9.17) is 4.74 Å². The summed E-state index contributed by atoms with van der Waals surface area (Å²) in [6, 6.07) is 8.37. The van der Waals surface area contributed by atoms with Crippen molar-refractivity contribution in [2.75, 3.05) is 13.1 Å². The minimum atomic E-state index is 0.287. The lowest BCUT2D eigenvalue weighted by molar-refractivity contribution is 0.0491. The molecule has 0 amide bonds. The van der Waals surface area contributed by atoms with Gasteiger partial charge in [0.15, 0.2) is 0 Å². The molecule has 2 heteroatoms. The van der Waals surface area contributed by atoms with Crippen LogP contribution in [0.5, 0.6) is 5.75 Å². The Labute approximate surface area is 111 Å². The van der Waals surface area contributed by atoms with Crippen LogP contribution < -0.4 is 4.74 Å². The first-order valence-corrected chi connectivity index (χ1v) is 6.93. The van der Waals surface area contributed by atoms with E-state index in [0.29, 0.717) is 6.10 Å². The van der Waals surface area contributed by atoms with Gasteiger partial charge in [0, 0.05) is 18.6 Å². The fourth-order valence-electron chi connectivity index (χ4n) is 2.45. The smallest absolute Gasteiger partial charge is 0.119 e. The Morgan fingerprint density at radius 1 is 1.06 bits per heavy atom. The summed E-state index contributed by atoms with van der Waals surface area (Å²) in [4.78, 5) is 2.54. The number of ether oxygens (including phenoxy) is 1. The van der Waals surface area contributed by atoms with Crippen molar-refractivity contribution in [1.29, 1.82) is 0 Å². The summed E-state index contributed by atoms with van der Waals surface area (Å²) in [7, 11) is 0.